The van der Waals surface area contributed by atoms with Crippen LogP contribution in [0.4, 0.5) is 4.79 Å². The number of sulfone groups is 1. The molecule has 0 saturated heterocycles. The summed E-state index contributed by atoms with van der Waals surface area (Å²) in [5.41, 5.74) is 0.867. The van der Waals surface area contributed by atoms with Crippen LogP contribution >= 0.6 is 0 Å². The third kappa shape index (κ3) is 3.94. The molecule has 0 saturated carbocycles. The zero-order valence-corrected chi connectivity index (χ0v) is 18.2. The fourth-order valence-electron chi connectivity index (χ4n) is 3.64. The van der Waals surface area contributed by atoms with Crippen LogP contribution in [-0.4, -0.2) is 31.6 Å². The first kappa shape index (κ1) is 20.5. The van der Waals surface area contributed by atoms with Gasteiger partial charge in [-0.1, -0.05) is 18.2 Å². The minimum Gasteiger partial charge on any atom is -0.461 e. The van der Waals surface area contributed by atoms with Crippen LogP contribution in [0.3, 0.4) is 0 Å². The molecule has 30 heavy (non-hydrogen) atoms. The summed E-state index contributed by atoms with van der Waals surface area (Å²) in [6.07, 6.45) is 1.08. The standard InChI is InChI=1S/C23H25NO5S/c1-23(2,3)29-22(25)24-13-7-10-20-19(15-24)18-12-11-17(14-21(18)28-20)30(26,27)16-8-5-4-6-9-16/h4-6,8-9,11-12,14H,7,10,13,15H2,1-3H3. The third-order valence-electron chi connectivity index (χ3n) is 5.04. The Bertz CT molecular complexity index is 1190. The Labute approximate surface area is 176 Å². The van der Waals surface area contributed by atoms with E-state index >= 15 is 0 Å². The summed E-state index contributed by atoms with van der Waals surface area (Å²) in [5, 5.41) is 0.826. The van der Waals surface area contributed by atoms with E-state index < -0.39 is 15.4 Å². The second-order valence-corrected chi connectivity index (χ2v) is 10.4. The molecule has 0 bridgehead atoms. The number of ether oxygens (including phenoxy) is 1. The van der Waals surface area contributed by atoms with E-state index in [0.717, 1.165) is 23.1 Å². The van der Waals surface area contributed by atoms with Crippen LogP contribution in [0.25, 0.3) is 11.0 Å². The zero-order valence-electron chi connectivity index (χ0n) is 17.3. The van der Waals surface area contributed by atoms with E-state index in [-0.39, 0.29) is 15.9 Å². The van der Waals surface area contributed by atoms with Gasteiger partial charge in [-0.3, -0.25) is 0 Å². The van der Waals surface area contributed by atoms with E-state index in [1.165, 1.54) is 0 Å². The van der Waals surface area contributed by atoms with Gasteiger partial charge in [-0.15, -0.1) is 0 Å². The number of furan rings is 1. The molecule has 0 unspecified atom stereocenters. The zero-order chi connectivity index (χ0) is 21.5. The van der Waals surface area contributed by atoms with Crippen LogP contribution in [0.15, 0.2) is 62.7 Å². The minimum absolute atomic E-state index is 0.189. The molecule has 6 nitrogen and oxygen atoms in total. The van der Waals surface area contributed by atoms with Crippen LogP contribution in [0.2, 0.25) is 0 Å². The molecule has 2 heterocycles. The fraction of sp³-hybridized carbons (Fsp3) is 0.348. The summed E-state index contributed by atoms with van der Waals surface area (Å²) in [4.78, 5) is 14.7. The highest BCUT2D eigenvalue weighted by molar-refractivity contribution is 7.91. The number of carbonyl (C=O) groups excluding carboxylic acids is 1. The molecule has 4 rings (SSSR count). The molecule has 0 fully saturated rings. The number of hydrogen-bond acceptors (Lipinski definition) is 5. The summed E-state index contributed by atoms with van der Waals surface area (Å²) in [6.45, 7) is 6.49. The Kier molecular flexibility index (Phi) is 5.10. The van der Waals surface area contributed by atoms with Gasteiger partial charge in [0.25, 0.3) is 0 Å². The Morgan fingerprint density at radius 2 is 1.80 bits per heavy atom. The topological polar surface area (TPSA) is 76.8 Å². The lowest BCUT2D eigenvalue weighted by atomic mass is 10.1. The second kappa shape index (κ2) is 7.47. The van der Waals surface area contributed by atoms with Gasteiger partial charge in [-0.05, 0) is 51.5 Å². The van der Waals surface area contributed by atoms with Gasteiger partial charge in [0.15, 0.2) is 0 Å². The monoisotopic (exact) mass is 427 g/mol. The minimum atomic E-state index is -3.63. The normalized spacial score (nSPS) is 15.0. The van der Waals surface area contributed by atoms with Gasteiger partial charge in [-0.25, -0.2) is 13.2 Å². The third-order valence-corrected chi connectivity index (χ3v) is 6.81. The van der Waals surface area contributed by atoms with E-state index in [2.05, 4.69) is 0 Å². The predicted octanol–water partition coefficient (Wildman–Crippen LogP) is 4.95. The molecule has 0 radical (unpaired) electrons. The maximum atomic E-state index is 12.9. The second-order valence-electron chi connectivity index (χ2n) is 8.48. The highest BCUT2D eigenvalue weighted by atomic mass is 32.2. The average Bonchev–Trinajstić information content (AvgIpc) is 2.88. The van der Waals surface area contributed by atoms with Gasteiger partial charge in [0, 0.05) is 30.0 Å². The van der Waals surface area contributed by atoms with Crippen molar-refractivity contribution in [2.75, 3.05) is 6.54 Å². The molecule has 1 aliphatic heterocycles. The SMILES string of the molecule is CC(C)(C)OC(=O)N1CCCc2oc3cc(S(=O)(=O)c4ccccc4)ccc3c2C1. The van der Waals surface area contributed by atoms with E-state index in [1.54, 1.807) is 53.4 Å². The molecule has 0 N–H and O–H groups in total. The number of benzene rings is 2. The van der Waals surface area contributed by atoms with E-state index in [1.807, 2.05) is 20.8 Å². The molecule has 1 amide bonds. The summed E-state index contributed by atoms with van der Waals surface area (Å²) in [5.74, 6) is 0.797. The lowest BCUT2D eigenvalue weighted by molar-refractivity contribution is 0.0237. The first-order valence-electron chi connectivity index (χ1n) is 9.97. The van der Waals surface area contributed by atoms with Gasteiger partial charge in [-0.2, -0.15) is 0 Å². The number of amides is 1. The van der Waals surface area contributed by atoms with Crippen molar-refractivity contribution in [3.63, 3.8) is 0 Å². The Hall–Kier alpha value is -2.80. The van der Waals surface area contributed by atoms with Crippen molar-refractivity contribution in [1.82, 2.24) is 4.90 Å². The van der Waals surface area contributed by atoms with Crippen LogP contribution in [0.1, 0.15) is 38.5 Å². The largest absolute Gasteiger partial charge is 0.461 e. The van der Waals surface area contributed by atoms with Crippen molar-refractivity contribution in [1.29, 1.82) is 0 Å². The number of nitrogens with zero attached hydrogens (tertiary/aromatic N) is 1. The molecule has 0 aliphatic carbocycles. The average molecular weight is 428 g/mol. The molecule has 0 spiro atoms. The lowest BCUT2D eigenvalue weighted by Crippen LogP contribution is -2.36. The molecule has 2 aromatic carbocycles. The molecule has 3 aromatic rings. The lowest BCUT2D eigenvalue weighted by Gasteiger charge is -2.26. The van der Waals surface area contributed by atoms with Crippen LogP contribution in [-0.2, 0) is 27.5 Å². The summed E-state index contributed by atoms with van der Waals surface area (Å²) < 4.78 is 37.4. The highest BCUT2D eigenvalue weighted by Crippen LogP contribution is 2.33. The van der Waals surface area contributed by atoms with Crippen molar-refractivity contribution in [2.24, 2.45) is 0 Å². The Morgan fingerprint density at radius 3 is 2.50 bits per heavy atom. The van der Waals surface area contributed by atoms with Gasteiger partial charge in [0.1, 0.15) is 16.9 Å². The van der Waals surface area contributed by atoms with Gasteiger partial charge in [0.05, 0.1) is 16.3 Å². The molecule has 0 atom stereocenters. The first-order valence-corrected chi connectivity index (χ1v) is 11.5. The molecule has 158 valence electrons. The van der Waals surface area contributed by atoms with E-state index in [4.69, 9.17) is 9.15 Å². The Morgan fingerprint density at radius 1 is 1.07 bits per heavy atom. The summed E-state index contributed by atoms with van der Waals surface area (Å²) in [6, 6.07) is 13.3. The van der Waals surface area contributed by atoms with E-state index in [0.29, 0.717) is 25.1 Å². The number of hydrogen-bond donors (Lipinski definition) is 0. The van der Waals surface area contributed by atoms with Crippen molar-refractivity contribution in [2.45, 2.75) is 55.5 Å². The van der Waals surface area contributed by atoms with Crippen molar-refractivity contribution < 1.29 is 22.4 Å². The predicted molar refractivity (Wildman–Crippen MR) is 113 cm³/mol. The number of rotatable bonds is 2. The highest BCUT2D eigenvalue weighted by Gasteiger charge is 2.28. The fourth-order valence-corrected chi connectivity index (χ4v) is 4.94. The number of carbonyl (C=O) groups is 1. The smallest absolute Gasteiger partial charge is 0.410 e. The summed E-state index contributed by atoms with van der Waals surface area (Å²) >= 11 is 0. The molecule has 7 heteroatoms. The van der Waals surface area contributed by atoms with Gasteiger partial charge >= 0.3 is 6.09 Å². The van der Waals surface area contributed by atoms with Crippen LogP contribution < -0.4 is 0 Å². The molecule has 1 aromatic heterocycles. The molecular weight excluding hydrogens is 402 g/mol. The number of aryl methyl sites for hydroxylation is 1. The molecule has 1 aliphatic rings. The van der Waals surface area contributed by atoms with Crippen LogP contribution in [0.5, 0.6) is 0 Å². The van der Waals surface area contributed by atoms with Crippen molar-refractivity contribution in [3.05, 3.63) is 59.9 Å². The maximum absolute atomic E-state index is 12.9. The molecular formula is C23H25NO5S. The number of fused-ring (bicyclic) bond motifs is 3. The Balaban J connectivity index is 1.69. The van der Waals surface area contributed by atoms with Crippen molar-refractivity contribution in [3.8, 4) is 0 Å². The summed E-state index contributed by atoms with van der Waals surface area (Å²) in [7, 11) is -3.63. The van der Waals surface area contributed by atoms with Gasteiger partial charge in [0.2, 0.25) is 9.84 Å². The maximum Gasteiger partial charge on any atom is 0.410 e. The van der Waals surface area contributed by atoms with Crippen molar-refractivity contribution >= 4 is 26.9 Å². The van der Waals surface area contributed by atoms with Crippen LogP contribution in [0, 0.1) is 0 Å². The first-order chi connectivity index (χ1) is 14.1. The van der Waals surface area contributed by atoms with E-state index in [9.17, 15) is 13.2 Å². The quantitative estimate of drug-likeness (QED) is 0.578. The van der Waals surface area contributed by atoms with Gasteiger partial charge < -0.3 is 14.1 Å².